The van der Waals surface area contributed by atoms with E-state index in [1.165, 1.54) is 11.1 Å². The number of anilines is 1. The molecule has 0 bridgehead atoms. The first kappa shape index (κ1) is 12.0. The zero-order chi connectivity index (χ0) is 11.6. The van der Waals surface area contributed by atoms with E-state index >= 15 is 0 Å². The molecule has 0 aromatic carbocycles. The maximum Gasteiger partial charge on any atom is 0.129 e. The molecule has 0 saturated carbocycles. The van der Waals surface area contributed by atoms with Gasteiger partial charge in [0.2, 0.25) is 0 Å². The number of nitrogens with zero attached hydrogens (tertiary/aromatic N) is 1. The van der Waals surface area contributed by atoms with Crippen LogP contribution in [0, 0.1) is 19.3 Å². The van der Waals surface area contributed by atoms with Gasteiger partial charge in [-0.15, -0.1) is 0 Å². The molecule has 1 rings (SSSR count). The lowest BCUT2D eigenvalue weighted by Crippen LogP contribution is -2.31. The standard InChI is InChI=1S/C13H22N2/c1-9-7-8-14-12(10(9)2)15-11(3)13(4,5)6/h7-8,11H,1-6H3,(H,14,15). The van der Waals surface area contributed by atoms with E-state index in [2.05, 4.69) is 51.8 Å². The number of aryl methyl sites for hydroxylation is 1. The third-order valence-corrected chi connectivity index (χ3v) is 3.13. The number of aromatic nitrogens is 1. The van der Waals surface area contributed by atoms with Gasteiger partial charge in [0.1, 0.15) is 5.82 Å². The predicted octanol–water partition coefficient (Wildman–Crippen LogP) is 3.54. The molecule has 0 radical (unpaired) electrons. The highest BCUT2D eigenvalue weighted by molar-refractivity contribution is 5.47. The molecule has 1 aromatic heterocycles. The average Bonchev–Trinajstić information content (AvgIpc) is 2.11. The lowest BCUT2D eigenvalue weighted by molar-refractivity contribution is 0.358. The van der Waals surface area contributed by atoms with E-state index in [9.17, 15) is 0 Å². The number of pyridine rings is 1. The molecule has 0 aliphatic heterocycles. The predicted molar refractivity (Wildman–Crippen MR) is 66.3 cm³/mol. The maximum atomic E-state index is 4.38. The number of rotatable bonds is 2. The van der Waals surface area contributed by atoms with Crippen LogP contribution in [0.25, 0.3) is 0 Å². The third-order valence-electron chi connectivity index (χ3n) is 3.13. The molecule has 0 fully saturated rings. The van der Waals surface area contributed by atoms with Gasteiger partial charge in [-0.3, -0.25) is 0 Å². The number of hydrogen-bond acceptors (Lipinski definition) is 2. The maximum absolute atomic E-state index is 4.38. The van der Waals surface area contributed by atoms with Crippen molar-refractivity contribution in [3.63, 3.8) is 0 Å². The summed E-state index contributed by atoms with van der Waals surface area (Å²) in [5.74, 6) is 1.01. The SMILES string of the molecule is Cc1ccnc(NC(C)C(C)(C)C)c1C. The minimum atomic E-state index is 0.248. The largest absolute Gasteiger partial charge is 0.367 e. The van der Waals surface area contributed by atoms with Crippen molar-refractivity contribution in [3.8, 4) is 0 Å². The Balaban J connectivity index is 2.86. The summed E-state index contributed by atoms with van der Waals surface area (Å²) in [4.78, 5) is 4.38. The molecular weight excluding hydrogens is 184 g/mol. The van der Waals surface area contributed by atoms with Crippen LogP contribution in [-0.2, 0) is 0 Å². The Morgan fingerprint density at radius 1 is 1.27 bits per heavy atom. The zero-order valence-electron chi connectivity index (χ0n) is 10.7. The highest BCUT2D eigenvalue weighted by atomic mass is 15.0. The van der Waals surface area contributed by atoms with E-state index in [0.717, 1.165) is 5.82 Å². The second-order valence-corrected chi connectivity index (χ2v) is 5.33. The Morgan fingerprint density at radius 2 is 1.87 bits per heavy atom. The molecule has 1 aromatic rings. The summed E-state index contributed by atoms with van der Waals surface area (Å²) in [7, 11) is 0. The molecule has 0 aliphatic carbocycles. The molecule has 15 heavy (non-hydrogen) atoms. The highest BCUT2D eigenvalue weighted by Crippen LogP contribution is 2.24. The van der Waals surface area contributed by atoms with Crippen molar-refractivity contribution in [1.29, 1.82) is 0 Å². The Labute approximate surface area is 93.1 Å². The first-order chi connectivity index (χ1) is 6.82. The van der Waals surface area contributed by atoms with Crippen molar-refractivity contribution in [3.05, 3.63) is 23.4 Å². The molecule has 84 valence electrons. The van der Waals surface area contributed by atoms with Crippen LogP contribution in [0.4, 0.5) is 5.82 Å². The first-order valence-electron chi connectivity index (χ1n) is 5.51. The minimum absolute atomic E-state index is 0.248. The summed E-state index contributed by atoms with van der Waals surface area (Å²) < 4.78 is 0. The van der Waals surface area contributed by atoms with Gasteiger partial charge in [0.25, 0.3) is 0 Å². The van der Waals surface area contributed by atoms with Gasteiger partial charge in [-0.2, -0.15) is 0 Å². The summed E-state index contributed by atoms with van der Waals surface area (Å²) in [5.41, 5.74) is 2.78. The highest BCUT2D eigenvalue weighted by Gasteiger charge is 2.20. The van der Waals surface area contributed by atoms with Gasteiger partial charge in [-0.05, 0) is 43.4 Å². The molecule has 1 unspecified atom stereocenters. The topological polar surface area (TPSA) is 24.9 Å². The fourth-order valence-corrected chi connectivity index (χ4v) is 1.20. The van der Waals surface area contributed by atoms with E-state index in [-0.39, 0.29) is 5.41 Å². The van der Waals surface area contributed by atoms with Crippen molar-refractivity contribution in [2.24, 2.45) is 5.41 Å². The van der Waals surface area contributed by atoms with E-state index in [4.69, 9.17) is 0 Å². The second-order valence-electron chi connectivity index (χ2n) is 5.33. The van der Waals surface area contributed by atoms with Gasteiger partial charge in [0.05, 0.1) is 0 Å². The van der Waals surface area contributed by atoms with Crippen LogP contribution in [0.5, 0.6) is 0 Å². The lowest BCUT2D eigenvalue weighted by atomic mass is 9.88. The fraction of sp³-hybridized carbons (Fsp3) is 0.615. The number of hydrogen-bond donors (Lipinski definition) is 1. The van der Waals surface area contributed by atoms with Crippen LogP contribution in [-0.4, -0.2) is 11.0 Å². The molecule has 0 spiro atoms. The van der Waals surface area contributed by atoms with E-state index in [1.54, 1.807) is 0 Å². The molecule has 0 saturated heterocycles. The monoisotopic (exact) mass is 206 g/mol. The van der Waals surface area contributed by atoms with Crippen molar-refractivity contribution < 1.29 is 0 Å². The summed E-state index contributed by atoms with van der Waals surface area (Å²) in [5, 5.41) is 3.48. The smallest absolute Gasteiger partial charge is 0.129 e. The first-order valence-corrected chi connectivity index (χ1v) is 5.51. The summed E-state index contributed by atoms with van der Waals surface area (Å²) in [6.07, 6.45) is 1.86. The Hall–Kier alpha value is -1.05. The molecule has 1 N–H and O–H groups in total. The van der Waals surface area contributed by atoms with E-state index in [1.807, 2.05) is 12.3 Å². The normalized spacial score (nSPS) is 13.7. The third kappa shape index (κ3) is 2.95. The summed E-state index contributed by atoms with van der Waals surface area (Å²) in [6.45, 7) is 13.1. The average molecular weight is 206 g/mol. The van der Waals surface area contributed by atoms with Crippen LogP contribution < -0.4 is 5.32 Å². The molecular formula is C13H22N2. The van der Waals surface area contributed by atoms with Crippen molar-refractivity contribution in [1.82, 2.24) is 4.98 Å². The van der Waals surface area contributed by atoms with Crippen molar-refractivity contribution >= 4 is 5.82 Å². The van der Waals surface area contributed by atoms with Gasteiger partial charge in [-0.25, -0.2) is 4.98 Å². The second kappa shape index (κ2) is 4.21. The molecule has 1 heterocycles. The Morgan fingerprint density at radius 3 is 2.40 bits per heavy atom. The quantitative estimate of drug-likeness (QED) is 0.800. The minimum Gasteiger partial charge on any atom is -0.367 e. The molecule has 2 heteroatoms. The van der Waals surface area contributed by atoms with Gasteiger partial charge in [0.15, 0.2) is 0 Å². The van der Waals surface area contributed by atoms with Crippen LogP contribution in [0.1, 0.15) is 38.8 Å². The van der Waals surface area contributed by atoms with Gasteiger partial charge < -0.3 is 5.32 Å². The van der Waals surface area contributed by atoms with Crippen LogP contribution in [0.3, 0.4) is 0 Å². The Bertz CT molecular complexity index is 337. The van der Waals surface area contributed by atoms with Crippen LogP contribution in [0.2, 0.25) is 0 Å². The van der Waals surface area contributed by atoms with E-state index < -0.39 is 0 Å². The zero-order valence-corrected chi connectivity index (χ0v) is 10.7. The van der Waals surface area contributed by atoms with Crippen molar-refractivity contribution in [2.45, 2.75) is 47.6 Å². The van der Waals surface area contributed by atoms with Gasteiger partial charge in [-0.1, -0.05) is 20.8 Å². The Kier molecular flexibility index (Phi) is 3.38. The molecule has 0 aliphatic rings. The molecule has 2 nitrogen and oxygen atoms in total. The van der Waals surface area contributed by atoms with E-state index in [0.29, 0.717) is 6.04 Å². The fourth-order valence-electron chi connectivity index (χ4n) is 1.20. The van der Waals surface area contributed by atoms with Crippen LogP contribution in [0.15, 0.2) is 12.3 Å². The lowest BCUT2D eigenvalue weighted by Gasteiger charge is -2.29. The summed E-state index contributed by atoms with van der Waals surface area (Å²) >= 11 is 0. The summed E-state index contributed by atoms with van der Waals surface area (Å²) in [6, 6.07) is 2.45. The van der Waals surface area contributed by atoms with Gasteiger partial charge in [0, 0.05) is 12.2 Å². The number of nitrogens with one attached hydrogen (secondary N) is 1. The van der Waals surface area contributed by atoms with Gasteiger partial charge >= 0.3 is 0 Å². The molecule has 1 atom stereocenters. The van der Waals surface area contributed by atoms with Crippen molar-refractivity contribution in [2.75, 3.05) is 5.32 Å². The van der Waals surface area contributed by atoms with Crippen LogP contribution >= 0.6 is 0 Å². The molecule has 0 amide bonds.